The number of nitrogens with zero attached hydrogens (tertiary/aromatic N) is 1. The van der Waals surface area contributed by atoms with Crippen molar-refractivity contribution in [3.63, 3.8) is 0 Å². The first-order chi connectivity index (χ1) is 5.04. The van der Waals surface area contributed by atoms with Gasteiger partial charge in [0.25, 0.3) is 0 Å². The zero-order chi connectivity index (χ0) is 8.48. The van der Waals surface area contributed by atoms with Crippen LogP contribution in [0.15, 0.2) is 10.6 Å². The van der Waals surface area contributed by atoms with Crippen molar-refractivity contribution >= 4 is 0 Å². The number of aliphatic hydroxyl groups excluding tert-OH is 1. The van der Waals surface area contributed by atoms with Gasteiger partial charge in [0, 0.05) is 0 Å². The fourth-order valence-electron chi connectivity index (χ4n) is 0.514. The van der Waals surface area contributed by atoms with E-state index in [9.17, 15) is 13.2 Å². The van der Waals surface area contributed by atoms with Crippen molar-refractivity contribution in [3.8, 4) is 0 Å². The van der Waals surface area contributed by atoms with Crippen molar-refractivity contribution in [2.45, 2.75) is 12.8 Å². The number of halogens is 3. The van der Waals surface area contributed by atoms with Crippen LogP contribution in [-0.2, 0) is 12.8 Å². The van der Waals surface area contributed by atoms with Gasteiger partial charge in [0.1, 0.15) is 6.61 Å². The van der Waals surface area contributed by atoms with Gasteiger partial charge in [-0.05, 0) is 0 Å². The molecule has 0 bridgehead atoms. The smallest absolute Gasteiger partial charge is 0.434 e. The first-order valence-corrected chi connectivity index (χ1v) is 2.67. The van der Waals surface area contributed by atoms with E-state index in [4.69, 9.17) is 5.11 Å². The van der Waals surface area contributed by atoms with Gasteiger partial charge in [-0.2, -0.15) is 13.2 Å². The first kappa shape index (κ1) is 8.06. The molecule has 1 rings (SSSR count). The predicted octanol–water partition coefficient (Wildman–Crippen LogP) is 1.19. The molecule has 1 N–H and O–H groups in total. The highest BCUT2D eigenvalue weighted by Crippen LogP contribution is 2.29. The molecule has 3 nitrogen and oxygen atoms in total. The average Bonchev–Trinajstić information content (AvgIpc) is 2.32. The molecule has 11 heavy (non-hydrogen) atoms. The molecule has 1 aromatic rings. The Morgan fingerprint density at radius 1 is 1.55 bits per heavy atom. The summed E-state index contributed by atoms with van der Waals surface area (Å²) in [6, 6.07) is 0. The standard InChI is InChI=1S/C5H4F3NO2/c6-5(7,8)3-1-9-4(2-10)11-3/h1,10H,2H2. The summed E-state index contributed by atoms with van der Waals surface area (Å²) in [5.41, 5.74) is 0. The molecule has 0 aliphatic carbocycles. The predicted molar refractivity (Wildman–Crippen MR) is 27.4 cm³/mol. The van der Waals surface area contributed by atoms with E-state index in [-0.39, 0.29) is 5.89 Å². The molecule has 0 aliphatic rings. The molecule has 1 heterocycles. The molecular weight excluding hydrogens is 163 g/mol. The highest BCUT2D eigenvalue weighted by molar-refractivity contribution is 4.97. The molecule has 0 aliphatic heterocycles. The molecule has 0 spiro atoms. The van der Waals surface area contributed by atoms with E-state index >= 15 is 0 Å². The maximum atomic E-state index is 11.7. The van der Waals surface area contributed by atoms with Crippen LogP contribution in [0.4, 0.5) is 13.2 Å². The van der Waals surface area contributed by atoms with Crippen LogP contribution in [0.1, 0.15) is 11.7 Å². The molecule has 0 amide bonds. The molecular formula is C5H4F3NO2. The van der Waals surface area contributed by atoms with Crippen LogP contribution in [0.5, 0.6) is 0 Å². The Kier molecular flexibility index (Phi) is 1.86. The lowest BCUT2D eigenvalue weighted by Crippen LogP contribution is -2.02. The second-order valence-corrected chi connectivity index (χ2v) is 1.77. The number of oxazole rings is 1. The monoisotopic (exact) mass is 167 g/mol. The summed E-state index contributed by atoms with van der Waals surface area (Å²) in [5.74, 6) is -1.53. The third-order valence-electron chi connectivity index (χ3n) is 0.968. The van der Waals surface area contributed by atoms with Gasteiger partial charge in [0.05, 0.1) is 6.20 Å². The van der Waals surface area contributed by atoms with E-state index < -0.39 is 18.5 Å². The van der Waals surface area contributed by atoms with Crippen molar-refractivity contribution in [2.75, 3.05) is 0 Å². The highest BCUT2D eigenvalue weighted by atomic mass is 19.4. The van der Waals surface area contributed by atoms with Crippen molar-refractivity contribution < 1.29 is 22.7 Å². The molecule has 0 saturated carbocycles. The van der Waals surface area contributed by atoms with E-state index in [2.05, 4.69) is 9.40 Å². The second-order valence-electron chi connectivity index (χ2n) is 1.77. The van der Waals surface area contributed by atoms with Crippen molar-refractivity contribution in [1.82, 2.24) is 4.98 Å². The highest BCUT2D eigenvalue weighted by Gasteiger charge is 2.35. The maximum Gasteiger partial charge on any atom is 0.451 e. The SMILES string of the molecule is OCc1ncc(C(F)(F)F)o1. The van der Waals surface area contributed by atoms with E-state index in [1.807, 2.05) is 0 Å². The Hall–Kier alpha value is -1.04. The van der Waals surface area contributed by atoms with Gasteiger partial charge in [-0.25, -0.2) is 4.98 Å². The third-order valence-corrected chi connectivity index (χ3v) is 0.968. The Morgan fingerprint density at radius 3 is 2.45 bits per heavy atom. The maximum absolute atomic E-state index is 11.7. The minimum Gasteiger partial charge on any atom is -0.434 e. The molecule has 62 valence electrons. The van der Waals surface area contributed by atoms with E-state index in [1.165, 1.54) is 0 Å². The molecule has 0 aromatic carbocycles. The van der Waals surface area contributed by atoms with E-state index in [1.54, 1.807) is 0 Å². The lowest BCUT2D eigenvalue weighted by Gasteiger charge is -1.98. The second kappa shape index (κ2) is 2.54. The van der Waals surface area contributed by atoms with Crippen molar-refractivity contribution in [1.29, 1.82) is 0 Å². The number of hydrogen-bond acceptors (Lipinski definition) is 3. The zero-order valence-electron chi connectivity index (χ0n) is 5.22. The van der Waals surface area contributed by atoms with E-state index in [0.717, 1.165) is 0 Å². The number of aliphatic hydroxyl groups is 1. The fourth-order valence-corrected chi connectivity index (χ4v) is 0.514. The summed E-state index contributed by atoms with van der Waals surface area (Å²) in [4.78, 5) is 3.16. The number of alkyl halides is 3. The summed E-state index contributed by atoms with van der Waals surface area (Å²) in [5, 5.41) is 8.29. The summed E-state index contributed by atoms with van der Waals surface area (Å²) >= 11 is 0. The first-order valence-electron chi connectivity index (χ1n) is 2.67. The topological polar surface area (TPSA) is 46.3 Å². The molecule has 0 unspecified atom stereocenters. The van der Waals surface area contributed by atoms with Crippen LogP contribution in [-0.4, -0.2) is 10.1 Å². The van der Waals surface area contributed by atoms with Crippen LogP contribution < -0.4 is 0 Å². The normalized spacial score (nSPS) is 12.0. The van der Waals surface area contributed by atoms with Gasteiger partial charge < -0.3 is 9.52 Å². The van der Waals surface area contributed by atoms with Gasteiger partial charge in [-0.15, -0.1) is 0 Å². The minimum absolute atomic E-state index is 0.336. The minimum atomic E-state index is -4.53. The average molecular weight is 167 g/mol. The molecule has 1 aromatic heterocycles. The zero-order valence-corrected chi connectivity index (χ0v) is 5.22. The van der Waals surface area contributed by atoms with Gasteiger partial charge in [-0.1, -0.05) is 0 Å². The van der Waals surface area contributed by atoms with Crippen molar-refractivity contribution in [3.05, 3.63) is 17.8 Å². The molecule has 0 atom stereocenters. The van der Waals surface area contributed by atoms with E-state index in [0.29, 0.717) is 6.20 Å². The van der Waals surface area contributed by atoms with Gasteiger partial charge >= 0.3 is 6.18 Å². The third kappa shape index (κ3) is 1.70. The Bertz CT molecular complexity index is 242. The van der Waals surface area contributed by atoms with Crippen LogP contribution in [0.3, 0.4) is 0 Å². The summed E-state index contributed by atoms with van der Waals surface area (Å²) in [6.07, 6.45) is -3.99. The van der Waals surface area contributed by atoms with Crippen LogP contribution >= 0.6 is 0 Å². The summed E-state index contributed by atoms with van der Waals surface area (Å²) in [6.45, 7) is -0.629. The number of rotatable bonds is 1. The summed E-state index contributed by atoms with van der Waals surface area (Å²) in [7, 11) is 0. The molecule has 0 fully saturated rings. The Morgan fingerprint density at radius 2 is 2.18 bits per heavy atom. The largest absolute Gasteiger partial charge is 0.451 e. The van der Waals surface area contributed by atoms with Crippen molar-refractivity contribution in [2.24, 2.45) is 0 Å². The molecule has 0 radical (unpaired) electrons. The Labute approximate surface area is 59.5 Å². The molecule has 0 saturated heterocycles. The lowest BCUT2D eigenvalue weighted by atomic mass is 10.5. The van der Waals surface area contributed by atoms with Gasteiger partial charge in [0.2, 0.25) is 11.7 Å². The number of hydrogen-bond donors (Lipinski definition) is 1. The lowest BCUT2D eigenvalue weighted by molar-refractivity contribution is -0.153. The van der Waals surface area contributed by atoms with Gasteiger partial charge in [-0.3, -0.25) is 0 Å². The molecule has 6 heteroatoms. The van der Waals surface area contributed by atoms with Crippen LogP contribution in [0.2, 0.25) is 0 Å². The Balaban J connectivity index is 2.89. The van der Waals surface area contributed by atoms with Crippen LogP contribution in [0, 0.1) is 0 Å². The van der Waals surface area contributed by atoms with Crippen LogP contribution in [0.25, 0.3) is 0 Å². The quantitative estimate of drug-likeness (QED) is 0.683. The van der Waals surface area contributed by atoms with Gasteiger partial charge in [0.15, 0.2) is 0 Å². The number of aromatic nitrogens is 1. The summed E-state index contributed by atoms with van der Waals surface area (Å²) < 4.78 is 39.3. The fraction of sp³-hybridized carbons (Fsp3) is 0.400.